The molecule has 2 saturated heterocycles. The Labute approximate surface area is 179 Å². The van der Waals surface area contributed by atoms with E-state index >= 15 is 0 Å². The number of hydrogen-bond donors (Lipinski definition) is 3. The summed E-state index contributed by atoms with van der Waals surface area (Å²) in [4.78, 5) is 27.7. The van der Waals surface area contributed by atoms with Crippen LogP contribution in [-0.4, -0.2) is 60.1 Å². The molecule has 9 nitrogen and oxygen atoms in total. The Hall–Kier alpha value is -3.33. The first kappa shape index (κ1) is 20.9. The van der Waals surface area contributed by atoms with E-state index in [0.717, 1.165) is 41.3 Å². The summed E-state index contributed by atoms with van der Waals surface area (Å²) < 4.78 is 10.9. The van der Waals surface area contributed by atoms with Gasteiger partial charge in [0.25, 0.3) is 6.47 Å². The topological polar surface area (TPSA) is 121 Å². The maximum absolute atomic E-state index is 12.6. The van der Waals surface area contributed by atoms with Crippen molar-refractivity contribution in [2.75, 3.05) is 31.3 Å². The van der Waals surface area contributed by atoms with Gasteiger partial charge in [-0.25, -0.2) is 0 Å². The molecule has 0 unspecified atom stereocenters. The maximum atomic E-state index is 12.6. The van der Waals surface area contributed by atoms with Gasteiger partial charge in [-0.2, -0.15) is 0 Å². The number of benzene rings is 1. The van der Waals surface area contributed by atoms with Gasteiger partial charge in [0.15, 0.2) is 11.5 Å². The van der Waals surface area contributed by atoms with E-state index in [1.54, 1.807) is 6.20 Å². The van der Waals surface area contributed by atoms with Crippen LogP contribution in [-0.2, 0) is 9.59 Å². The van der Waals surface area contributed by atoms with E-state index in [1.165, 1.54) is 0 Å². The average molecular weight is 427 g/mol. The highest BCUT2D eigenvalue weighted by molar-refractivity contribution is 5.85. The molecule has 164 valence electrons. The molecule has 5 rings (SSSR count). The predicted octanol–water partition coefficient (Wildman–Crippen LogP) is 1.65. The minimum atomic E-state index is -0.724. The van der Waals surface area contributed by atoms with Crippen LogP contribution in [0.4, 0.5) is 5.69 Å². The third-order valence-electron chi connectivity index (χ3n) is 6.10. The van der Waals surface area contributed by atoms with Gasteiger partial charge in [0.05, 0.1) is 17.2 Å². The molecular weight excluding hydrogens is 402 g/mol. The highest BCUT2D eigenvalue weighted by Crippen LogP contribution is 2.40. The number of nitrogens with one attached hydrogen (secondary N) is 1. The summed E-state index contributed by atoms with van der Waals surface area (Å²) in [5.41, 5.74) is 2.07. The lowest BCUT2D eigenvalue weighted by Gasteiger charge is -2.47. The largest absolute Gasteiger partial charge is 0.483 e. The number of carbonyl (C=O) groups excluding carboxylic acids is 1. The van der Waals surface area contributed by atoms with E-state index in [4.69, 9.17) is 19.4 Å². The molecule has 1 amide bonds. The number of amides is 1. The van der Waals surface area contributed by atoms with Crippen LogP contribution in [0.5, 0.6) is 11.5 Å². The summed E-state index contributed by atoms with van der Waals surface area (Å²) in [6.45, 7) is 1.91. The van der Waals surface area contributed by atoms with Gasteiger partial charge in [0.2, 0.25) is 12.7 Å². The predicted molar refractivity (Wildman–Crippen MR) is 112 cm³/mol. The Morgan fingerprint density at radius 1 is 1.23 bits per heavy atom. The molecular formula is C22H25N3O6. The molecule has 0 saturated carbocycles. The van der Waals surface area contributed by atoms with Gasteiger partial charge >= 0.3 is 0 Å². The SMILES string of the molecule is O=C1NCCC[C@]12CN(c1ccnc(-c3ccc4c(c3)OCO4)c1)CC[C@@H]2O.O=CO. The van der Waals surface area contributed by atoms with Gasteiger partial charge in [0.1, 0.15) is 0 Å². The fraction of sp³-hybridized carbons (Fsp3) is 0.409. The van der Waals surface area contributed by atoms with Gasteiger partial charge in [-0.1, -0.05) is 0 Å². The lowest BCUT2D eigenvalue weighted by atomic mass is 9.71. The molecule has 0 radical (unpaired) electrons. The van der Waals surface area contributed by atoms with Crippen molar-refractivity contribution in [1.29, 1.82) is 0 Å². The molecule has 1 spiro atoms. The second-order valence-corrected chi connectivity index (χ2v) is 7.81. The molecule has 31 heavy (non-hydrogen) atoms. The first-order chi connectivity index (χ1) is 15.1. The second-order valence-electron chi connectivity index (χ2n) is 7.81. The number of ether oxygens (including phenoxy) is 2. The molecule has 3 aliphatic heterocycles. The lowest BCUT2D eigenvalue weighted by Crippen LogP contribution is -2.61. The van der Waals surface area contributed by atoms with Gasteiger partial charge in [0, 0.05) is 37.1 Å². The van der Waals surface area contributed by atoms with Crippen LogP contribution >= 0.6 is 0 Å². The van der Waals surface area contributed by atoms with E-state index < -0.39 is 11.5 Å². The summed E-state index contributed by atoms with van der Waals surface area (Å²) >= 11 is 0. The minimum absolute atomic E-state index is 0.0269. The van der Waals surface area contributed by atoms with E-state index in [9.17, 15) is 9.90 Å². The Morgan fingerprint density at radius 3 is 2.84 bits per heavy atom. The normalized spacial score (nSPS) is 24.2. The Kier molecular flexibility index (Phi) is 5.94. The third kappa shape index (κ3) is 4.00. The number of aliphatic hydroxyl groups is 1. The maximum Gasteiger partial charge on any atom is 0.290 e. The van der Waals surface area contributed by atoms with Crippen molar-refractivity contribution in [1.82, 2.24) is 10.3 Å². The number of aliphatic hydroxyl groups excluding tert-OH is 1. The van der Waals surface area contributed by atoms with Crippen molar-refractivity contribution < 1.29 is 29.3 Å². The second kappa shape index (κ2) is 8.81. The van der Waals surface area contributed by atoms with Gasteiger partial charge in [-0.05, 0) is 49.6 Å². The van der Waals surface area contributed by atoms with Crippen molar-refractivity contribution in [2.45, 2.75) is 25.4 Å². The van der Waals surface area contributed by atoms with Crippen molar-refractivity contribution in [2.24, 2.45) is 5.41 Å². The zero-order valence-corrected chi connectivity index (χ0v) is 17.0. The minimum Gasteiger partial charge on any atom is -0.483 e. The molecule has 9 heteroatoms. The molecule has 2 aromatic rings. The van der Waals surface area contributed by atoms with Gasteiger partial charge in [-0.3, -0.25) is 14.6 Å². The molecule has 4 heterocycles. The lowest BCUT2D eigenvalue weighted by molar-refractivity contribution is -0.142. The fourth-order valence-corrected chi connectivity index (χ4v) is 4.49. The number of fused-ring (bicyclic) bond motifs is 1. The summed E-state index contributed by atoms with van der Waals surface area (Å²) in [5, 5.41) is 20.4. The number of anilines is 1. The van der Waals surface area contributed by atoms with Crippen molar-refractivity contribution >= 4 is 18.1 Å². The van der Waals surface area contributed by atoms with Crippen molar-refractivity contribution in [3.05, 3.63) is 36.5 Å². The van der Waals surface area contributed by atoms with Gasteiger partial charge < -0.3 is 29.9 Å². The third-order valence-corrected chi connectivity index (χ3v) is 6.10. The Balaban J connectivity index is 0.000000730. The number of piperidine rings is 2. The van der Waals surface area contributed by atoms with E-state index in [2.05, 4.69) is 15.2 Å². The monoisotopic (exact) mass is 427 g/mol. The number of hydrogen-bond acceptors (Lipinski definition) is 7. The van der Waals surface area contributed by atoms with Gasteiger partial charge in [-0.15, -0.1) is 0 Å². The van der Waals surface area contributed by atoms with Crippen LogP contribution in [0.15, 0.2) is 36.5 Å². The quantitative estimate of drug-likeness (QED) is 0.619. The van der Waals surface area contributed by atoms with Crippen LogP contribution in [0.2, 0.25) is 0 Å². The molecule has 2 fully saturated rings. The molecule has 0 bridgehead atoms. The summed E-state index contributed by atoms with van der Waals surface area (Å²) in [6.07, 6.45) is 3.38. The molecule has 1 aromatic carbocycles. The number of nitrogens with zero attached hydrogens (tertiary/aromatic N) is 2. The standard InChI is InChI=1S/C21H23N3O4.CH2O2/c25-19-5-9-24(12-21(19)6-1-7-23-20(21)26)15-4-8-22-16(11-15)14-2-3-17-18(10-14)28-13-27-17;2-1-3/h2-4,8,10-11,19,25H,1,5-7,9,12-13H2,(H,23,26);1H,(H,2,3)/t19-,21+;/m0./s1. The average Bonchev–Trinajstić information content (AvgIpc) is 3.26. The number of carbonyl (C=O) groups is 2. The highest BCUT2D eigenvalue weighted by atomic mass is 16.7. The van der Waals surface area contributed by atoms with Crippen LogP contribution in [0.1, 0.15) is 19.3 Å². The number of aromatic nitrogens is 1. The number of rotatable bonds is 2. The number of pyridine rings is 1. The van der Waals surface area contributed by atoms with E-state index in [-0.39, 0.29) is 19.2 Å². The van der Waals surface area contributed by atoms with E-state index in [0.29, 0.717) is 26.1 Å². The first-order valence-electron chi connectivity index (χ1n) is 10.2. The smallest absolute Gasteiger partial charge is 0.290 e. The van der Waals surface area contributed by atoms with Crippen LogP contribution in [0.25, 0.3) is 11.3 Å². The first-order valence-corrected chi connectivity index (χ1v) is 10.2. The molecule has 1 aromatic heterocycles. The molecule has 3 aliphatic rings. The Bertz CT molecular complexity index is 968. The summed E-state index contributed by atoms with van der Waals surface area (Å²) in [6, 6.07) is 9.79. The van der Waals surface area contributed by atoms with Crippen LogP contribution in [0.3, 0.4) is 0 Å². The summed E-state index contributed by atoms with van der Waals surface area (Å²) in [7, 11) is 0. The Morgan fingerprint density at radius 2 is 2.03 bits per heavy atom. The molecule has 3 N–H and O–H groups in total. The van der Waals surface area contributed by atoms with Crippen LogP contribution < -0.4 is 19.7 Å². The number of carboxylic acid groups (broad SMARTS) is 1. The molecule has 2 atom stereocenters. The van der Waals surface area contributed by atoms with Crippen molar-refractivity contribution in [3.8, 4) is 22.8 Å². The fourth-order valence-electron chi connectivity index (χ4n) is 4.49. The summed E-state index contributed by atoms with van der Waals surface area (Å²) in [5.74, 6) is 1.44. The van der Waals surface area contributed by atoms with Crippen molar-refractivity contribution in [3.63, 3.8) is 0 Å². The zero-order valence-electron chi connectivity index (χ0n) is 17.0. The van der Waals surface area contributed by atoms with Crippen LogP contribution in [0, 0.1) is 5.41 Å². The highest BCUT2D eigenvalue weighted by Gasteiger charge is 2.49. The molecule has 0 aliphatic carbocycles. The van der Waals surface area contributed by atoms with E-state index in [1.807, 2.05) is 30.3 Å². The zero-order chi connectivity index (χ0) is 21.8.